The molecule has 1 aromatic carbocycles. The van der Waals surface area contributed by atoms with Gasteiger partial charge in [0.05, 0.1) is 0 Å². The monoisotopic (exact) mass is 330 g/mol. The quantitative estimate of drug-likeness (QED) is 0.362. The zero-order chi connectivity index (χ0) is 12.0. The maximum atomic E-state index is 11.2. The first-order valence-corrected chi connectivity index (χ1v) is 5.72. The fraction of sp³-hybridized carbons (Fsp3) is 0.250. The molecule has 16 heavy (non-hydrogen) atoms. The van der Waals surface area contributed by atoms with Crippen molar-refractivity contribution in [2.45, 2.75) is 13.8 Å². The molecule has 1 aromatic rings. The predicted octanol–water partition coefficient (Wildman–Crippen LogP) is 3.21. The van der Waals surface area contributed by atoms with Gasteiger partial charge in [0.2, 0.25) is 0 Å². The summed E-state index contributed by atoms with van der Waals surface area (Å²) < 4.78 is 12.4. The van der Waals surface area contributed by atoms with Crippen LogP contribution < -0.4 is 4.74 Å². The molecule has 0 aliphatic rings. The van der Waals surface area contributed by atoms with E-state index in [1.54, 1.807) is 6.07 Å². The largest absolute Gasteiger partial charge is 0.514 e. The number of ether oxygens (including phenoxy) is 2. The van der Waals surface area contributed by atoms with Crippen molar-refractivity contribution in [1.29, 1.82) is 0 Å². The van der Waals surface area contributed by atoms with Crippen LogP contribution in [0, 0.1) is 23.7 Å². The molecule has 1 rings (SSSR count). The lowest BCUT2D eigenvalue weighted by Gasteiger charge is -2.08. The SMILES string of the molecule is Cc1cccc(OC(=O)OCC#CI)c1C. The molecule has 0 spiro atoms. The first kappa shape index (κ1) is 12.8. The van der Waals surface area contributed by atoms with Gasteiger partial charge in [-0.15, -0.1) is 0 Å². The van der Waals surface area contributed by atoms with Crippen LogP contribution in [0.2, 0.25) is 0 Å². The van der Waals surface area contributed by atoms with Crippen LogP contribution in [-0.4, -0.2) is 12.8 Å². The molecule has 0 saturated carbocycles. The van der Waals surface area contributed by atoms with Crippen molar-refractivity contribution < 1.29 is 14.3 Å². The van der Waals surface area contributed by atoms with Gasteiger partial charge in [-0.05, 0) is 35.0 Å². The number of benzene rings is 1. The minimum atomic E-state index is -0.729. The minimum Gasteiger partial charge on any atom is -0.421 e. The van der Waals surface area contributed by atoms with Gasteiger partial charge in [-0.25, -0.2) is 4.79 Å². The van der Waals surface area contributed by atoms with E-state index in [2.05, 4.69) is 9.85 Å². The molecule has 0 aliphatic heterocycles. The molecule has 0 heterocycles. The molecule has 0 saturated heterocycles. The third-order valence-corrected chi connectivity index (χ3v) is 2.46. The number of carbonyl (C=O) groups excluding carboxylic acids is 1. The van der Waals surface area contributed by atoms with E-state index < -0.39 is 6.16 Å². The highest BCUT2D eigenvalue weighted by Crippen LogP contribution is 2.20. The lowest BCUT2D eigenvalue weighted by atomic mass is 10.1. The number of aryl methyl sites for hydroxylation is 1. The third-order valence-electron chi connectivity index (χ3n) is 2.08. The van der Waals surface area contributed by atoms with Crippen molar-refractivity contribution in [3.05, 3.63) is 29.3 Å². The zero-order valence-corrected chi connectivity index (χ0v) is 11.2. The molecule has 0 bridgehead atoms. The van der Waals surface area contributed by atoms with E-state index >= 15 is 0 Å². The molecule has 0 radical (unpaired) electrons. The van der Waals surface area contributed by atoms with Crippen LogP contribution in [0.4, 0.5) is 4.79 Å². The second-order valence-corrected chi connectivity index (χ2v) is 3.65. The summed E-state index contributed by atoms with van der Waals surface area (Å²) in [4.78, 5) is 11.2. The highest BCUT2D eigenvalue weighted by Gasteiger charge is 2.08. The smallest absolute Gasteiger partial charge is 0.421 e. The standard InChI is InChI=1S/C12H11IO3/c1-9-5-3-6-11(10(9)2)16-12(14)15-8-4-7-13/h3,5-6H,8H2,1-2H3. The molecule has 3 nitrogen and oxygen atoms in total. The predicted molar refractivity (Wildman–Crippen MR) is 69.7 cm³/mol. The topological polar surface area (TPSA) is 35.5 Å². The van der Waals surface area contributed by atoms with Gasteiger partial charge in [0.1, 0.15) is 5.75 Å². The Morgan fingerprint density at radius 3 is 2.88 bits per heavy atom. The Hall–Kier alpha value is -1.22. The van der Waals surface area contributed by atoms with Crippen LogP contribution in [-0.2, 0) is 4.74 Å². The van der Waals surface area contributed by atoms with Gasteiger partial charge in [0.15, 0.2) is 6.61 Å². The molecule has 4 heteroatoms. The van der Waals surface area contributed by atoms with Gasteiger partial charge in [0, 0.05) is 22.6 Å². The molecule has 0 atom stereocenters. The Labute approximate surface area is 108 Å². The number of hydrogen-bond acceptors (Lipinski definition) is 3. The van der Waals surface area contributed by atoms with Crippen LogP contribution in [0.15, 0.2) is 18.2 Å². The summed E-state index contributed by atoms with van der Waals surface area (Å²) in [5.41, 5.74) is 2.00. The summed E-state index contributed by atoms with van der Waals surface area (Å²) in [5.74, 6) is 3.13. The fourth-order valence-corrected chi connectivity index (χ4v) is 1.23. The van der Waals surface area contributed by atoms with Gasteiger partial charge in [-0.3, -0.25) is 0 Å². The van der Waals surface area contributed by atoms with E-state index in [0.29, 0.717) is 5.75 Å². The third kappa shape index (κ3) is 3.74. The van der Waals surface area contributed by atoms with E-state index in [1.807, 2.05) is 48.6 Å². The number of halogens is 1. The van der Waals surface area contributed by atoms with Crippen molar-refractivity contribution in [3.63, 3.8) is 0 Å². The Morgan fingerprint density at radius 2 is 2.19 bits per heavy atom. The Kier molecular flexibility index (Phi) is 5.12. The van der Waals surface area contributed by atoms with Crippen LogP contribution in [0.5, 0.6) is 5.75 Å². The molecule has 0 amide bonds. The molecule has 0 unspecified atom stereocenters. The van der Waals surface area contributed by atoms with Crippen molar-refractivity contribution >= 4 is 28.7 Å². The summed E-state index contributed by atoms with van der Waals surface area (Å²) in [6.07, 6.45) is -0.729. The molecule has 0 N–H and O–H groups in total. The molecular formula is C12H11IO3. The van der Waals surface area contributed by atoms with Gasteiger partial charge in [-0.2, -0.15) is 0 Å². The average Bonchev–Trinajstić information content (AvgIpc) is 2.25. The second-order valence-electron chi connectivity index (χ2n) is 3.11. The number of hydrogen-bond donors (Lipinski definition) is 0. The molecular weight excluding hydrogens is 319 g/mol. The van der Waals surface area contributed by atoms with Crippen molar-refractivity contribution in [2.75, 3.05) is 6.61 Å². The number of carbonyl (C=O) groups is 1. The maximum Gasteiger partial charge on any atom is 0.514 e. The second kappa shape index (κ2) is 6.38. The maximum absolute atomic E-state index is 11.2. The zero-order valence-electron chi connectivity index (χ0n) is 9.04. The summed E-state index contributed by atoms with van der Waals surface area (Å²) in [6, 6.07) is 5.51. The van der Waals surface area contributed by atoms with E-state index in [9.17, 15) is 4.79 Å². The van der Waals surface area contributed by atoms with Crippen LogP contribution in [0.25, 0.3) is 0 Å². The molecule has 84 valence electrons. The van der Waals surface area contributed by atoms with E-state index in [-0.39, 0.29) is 6.61 Å². The summed E-state index contributed by atoms with van der Waals surface area (Å²) in [5, 5.41) is 0. The summed E-state index contributed by atoms with van der Waals surface area (Å²) >= 11 is 1.87. The normalized spacial score (nSPS) is 8.94. The van der Waals surface area contributed by atoms with E-state index in [1.165, 1.54) is 0 Å². The van der Waals surface area contributed by atoms with Gasteiger partial charge >= 0.3 is 6.16 Å². The first-order valence-electron chi connectivity index (χ1n) is 4.64. The van der Waals surface area contributed by atoms with Crippen molar-refractivity contribution in [1.82, 2.24) is 0 Å². The van der Waals surface area contributed by atoms with E-state index in [4.69, 9.17) is 9.47 Å². The van der Waals surface area contributed by atoms with Gasteiger partial charge in [0.25, 0.3) is 0 Å². The fourth-order valence-electron chi connectivity index (χ4n) is 1.08. The highest BCUT2D eigenvalue weighted by molar-refractivity contribution is 14.1. The molecule has 0 fully saturated rings. The van der Waals surface area contributed by atoms with Crippen molar-refractivity contribution in [3.8, 4) is 15.6 Å². The highest BCUT2D eigenvalue weighted by atomic mass is 127. The van der Waals surface area contributed by atoms with Gasteiger partial charge < -0.3 is 9.47 Å². The Bertz CT molecular complexity index is 443. The van der Waals surface area contributed by atoms with Gasteiger partial charge in [-0.1, -0.05) is 18.1 Å². The Balaban J connectivity index is 2.61. The summed E-state index contributed by atoms with van der Waals surface area (Å²) in [6.45, 7) is 3.89. The average molecular weight is 330 g/mol. The van der Waals surface area contributed by atoms with Crippen molar-refractivity contribution in [2.24, 2.45) is 0 Å². The molecule has 0 aliphatic carbocycles. The van der Waals surface area contributed by atoms with Crippen LogP contribution >= 0.6 is 22.6 Å². The molecule has 0 aromatic heterocycles. The lowest BCUT2D eigenvalue weighted by molar-refractivity contribution is 0.111. The number of rotatable bonds is 2. The minimum absolute atomic E-state index is 0.0483. The van der Waals surface area contributed by atoms with Crippen LogP contribution in [0.1, 0.15) is 11.1 Å². The lowest BCUT2D eigenvalue weighted by Crippen LogP contribution is -2.11. The van der Waals surface area contributed by atoms with E-state index in [0.717, 1.165) is 11.1 Å². The summed E-state index contributed by atoms with van der Waals surface area (Å²) in [7, 11) is 0. The van der Waals surface area contributed by atoms with Crippen LogP contribution in [0.3, 0.4) is 0 Å². The first-order chi connectivity index (χ1) is 7.65. The Morgan fingerprint density at radius 1 is 1.44 bits per heavy atom.